The van der Waals surface area contributed by atoms with Gasteiger partial charge in [-0.3, -0.25) is 4.79 Å². The SMILES string of the molecule is CC(=O)NCCC=Cc1c(N)cc(F)cc1F. The molecule has 1 aromatic rings. The van der Waals surface area contributed by atoms with E-state index in [-0.39, 0.29) is 17.2 Å². The van der Waals surface area contributed by atoms with Gasteiger partial charge in [-0.1, -0.05) is 12.2 Å². The number of nitrogens with two attached hydrogens (primary N) is 1. The van der Waals surface area contributed by atoms with Crippen LogP contribution < -0.4 is 11.1 Å². The Labute approximate surface area is 98.3 Å². The highest BCUT2D eigenvalue weighted by molar-refractivity contribution is 5.72. The summed E-state index contributed by atoms with van der Waals surface area (Å²) >= 11 is 0. The maximum absolute atomic E-state index is 13.3. The highest BCUT2D eigenvalue weighted by atomic mass is 19.1. The molecule has 92 valence electrons. The number of anilines is 1. The van der Waals surface area contributed by atoms with Crippen molar-refractivity contribution in [3.05, 3.63) is 35.4 Å². The summed E-state index contributed by atoms with van der Waals surface area (Å²) < 4.78 is 26.1. The Morgan fingerprint density at radius 2 is 2.18 bits per heavy atom. The van der Waals surface area contributed by atoms with E-state index in [1.807, 2.05) is 0 Å². The zero-order valence-electron chi connectivity index (χ0n) is 9.47. The number of amides is 1. The van der Waals surface area contributed by atoms with Crippen molar-refractivity contribution in [2.24, 2.45) is 0 Å². The second-order valence-electron chi connectivity index (χ2n) is 3.56. The smallest absolute Gasteiger partial charge is 0.216 e. The Hall–Kier alpha value is -1.91. The first kappa shape index (κ1) is 13.2. The minimum absolute atomic E-state index is 0.0540. The van der Waals surface area contributed by atoms with E-state index in [2.05, 4.69) is 5.32 Å². The van der Waals surface area contributed by atoms with E-state index in [1.54, 1.807) is 6.08 Å². The van der Waals surface area contributed by atoms with E-state index in [0.29, 0.717) is 13.0 Å². The number of carbonyl (C=O) groups excluding carboxylic acids is 1. The molecule has 17 heavy (non-hydrogen) atoms. The lowest BCUT2D eigenvalue weighted by atomic mass is 10.1. The van der Waals surface area contributed by atoms with Gasteiger partial charge in [0.2, 0.25) is 5.91 Å². The minimum Gasteiger partial charge on any atom is -0.398 e. The third kappa shape index (κ3) is 4.22. The third-order valence-corrected chi connectivity index (χ3v) is 2.10. The molecule has 0 aromatic heterocycles. The van der Waals surface area contributed by atoms with Gasteiger partial charge in [0.15, 0.2) is 0 Å². The summed E-state index contributed by atoms with van der Waals surface area (Å²) in [4.78, 5) is 10.6. The first-order valence-electron chi connectivity index (χ1n) is 5.16. The maximum atomic E-state index is 13.3. The van der Waals surface area contributed by atoms with Gasteiger partial charge in [0.05, 0.1) is 0 Å². The Bertz CT molecular complexity index is 421. The number of hydrogen-bond donors (Lipinski definition) is 2. The van der Waals surface area contributed by atoms with E-state index < -0.39 is 11.6 Å². The fraction of sp³-hybridized carbons (Fsp3) is 0.250. The Morgan fingerprint density at radius 3 is 2.76 bits per heavy atom. The van der Waals surface area contributed by atoms with Gasteiger partial charge >= 0.3 is 0 Å². The number of rotatable bonds is 4. The van der Waals surface area contributed by atoms with Crippen LogP contribution >= 0.6 is 0 Å². The van der Waals surface area contributed by atoms with E-state index in [4.69, 9.17) is 5.73 Å². The molecule has 1 amide bonds. The first-order valence-corrected chi connectivity index (χ1v) is 5.16. The molecule has 3 nitrogen and oxygen atoms in total. The van der Waals surface area contributed by atoms with Crippen LogP contribution in [-0.2, 0) is 4.79 Å². The molecule has 0 fully saturated rings. The van der Waals surface area contributed by atoms with E-state index >= 15 is 0 Å². The summed E-state index contributed by atoms with van der Waals surface area (Å²) in [6.45, 7) is 1.88. The molecule has 0 atom stereocenters. The molecule has 0 bridgehead atoms. The molecule has 0 unspecified atom stereocenters. The van der Waals surface area contributed by atoms with Crippen LogP contribution in [0.3, 0.4) is 0 Å². The molecule has 1 aromatic carbocycles. The quantitative estimate of drug-likeness (QED) is 0.625. The van der Waals surface area contributed by atoms with Crippen LogP contribution in [0.2, 0.25) is 0 Å². The number of hydrogen-bond acceptors (Lipinski definition) is 2. The van der Waals surface area contributed by atoms with Crippen LogP contribution in [0.5, 0.6) is 0 Å². The lowest BCUT2D eigenvalue weighted by Crippen LogP contribution is -2.20. The molecule has 0 spiro atoms. The highest BCUT2D eigenvalue weighted by Crippen LogP contribution is 2.19. The van der Waals surface area contributed by atoms with Crippen molar-refractivity contribution in [1.82, 2.24) is 5.32 Å². The fourth-order valence-electron chi connectivity index (χ4n) is 1.31. The summed E-state index contributed by atoms with van der Waals surface area (Å²) in [5, 5.41) is 2.59. The van der Waals surface area contributed by atoms with E-state index in [9.17, 15) is 13.6 Å². The summed E-state index contributed by atoms with van der Waals surface area (Å²) in [5.41, 5.74) is 5.70. The van der Waals surface area contributed by atoms with Gasteiger partial charge in [-0.05, 0) is 12.5 Å². The molecule has 0 aliphatic heterocycles. The van der Waals surface area contributed by atoms with Crippen LogP contribution in [0.4, 0.5) is 14.5 Å². The van der Waals surface area contributed by atoms with Crippen LogP contribution in [0.1, 0.15) is 18.9 Å². The first-order chi connectivity index (χ1) is 8.00. The number of benzene rings is 1. The number of nitrogens with one attached hydrogen (secondary N) is 1. The largest absolute Gasteiger partial charge is 0.398 e. The van der Waals surface area contributed by atoms with Crippen molar-refractivity contribution >= 4 is 17.7 Å². The lowest BCUT2D eigenvalue weighted by Gasteiger charge is -2.02. The molecule has 1 rings (SSSR count). The van der Waals surface area contributed by atoms with Crippen molar-refractivity contribution in [1.29, 1.82) is 0 Å². The Kier molecular flexibility index (Phi) is 4.63. The maximum Gasteiger partial charge on any atom is 0.216 e. The van der Waals surface area contributed by atoms with Crippen molar-refractivity contribution < 1.29 is 13.6 Å². The van der Waals surface area contributed by atoms with Gasteiger partial charge in [-0.15, -0.1) is 0 Å². The van der Waals surface area contributed by atoms with Crippen molar-refractivity contribution in [3.63, 3.8) is 0 Å². The van der Waals surface area contributed by atoms with Gasteiger partial charge in [-0.2, -0.15) is 0 Å². The summed E-state index contributed by atoms with van der Waals surface area (Å²) in [7, 11) is 0. The molecule has 5 heteroatoms. The van der Waals surface area contributed by atoms with Gasteiger partial charge in [-0.25, -0.2) is 8.78 Å². The molecular formula is C12H14F2N2O. The van der Waals surface area contributed by atoms with Crippen LogP contribution in [-0.4, -0.2) is 12.5 Å². The topological polar surface area (TPSA) is 55.1 Å². The molecule has 3 N–H and O–H groups in total. The fourth-order valence-corrected chi connectivity index (χ4v) is 1.31. The standard InChI is InChI=1S/C12H14F2N2O/c1-8(17)16-5-3-2-4-10-11(14)6-9(13)7-12(10)15/h2,4,6-7H,3,5,15H2,1H3,(H,16,17). The molecule has 0 saturated heterocycles. The van der Waals surface area contributed by atoms with Gasteiger partial charge in [0, 0.05) is 30.8 Å². The second-order valence-corrected chi connectivity index (χ2v) is 3.56. The van der Waals surface area contributed by atoms with E-state index in [1.165, 1.54) is 13.0 Å². The minimum atomic E-state index is -0.699. The molecular weight excluding hydrogens is 226 g/mol. The predicted molar refractivity (Wildman–Crippen MR) is 63.1 cm³/mol. The zero-order valence-corrected chi connectivity index (χ0v) is 9.47. The highest BCUT2D eigenvalue weighted by Gasteiger charge is 2.05. The number of carbonyl (C=O) groups is 1. The monoisotopic (exact) mass is 240 g/mol. The number of halogens is 2. The van der Waals surface area contributed by atoms with E-state index in [0.717, 1.165) is 12.1 Å². The summed E-state index contributed by atoms with van der Waals surface area (Å²) in [5.74, 6) is -1.51. The summed E-state index contributed by atoms with van der Waals surface area (Å²) in [6.07, 6.45) is 3.70. The second kappa shape index (κ2) is 5.98. The zero-order chi connectivity index (χ0) is 12.8. The molecule has 0 heterocycles. The van der Waals surface area contributed by atoms with Crippen molar-refractivity contribution in [2.75, 3.05) is 12.3 Å². The molecule has 0 aliphatic carbocycles. The average molecular weight is 240 g/mol. The van der Waals surface area contributed by atoms with Crippen molar-refractivity contribution in [2.45, 2.75) is 13.3 Å². The van der Waals surface area contributed by atoms with Gasteiger partial charge in [0.25, 0.3) is 0 Å². The van der Waals surface area contributed by atoms with Gasteiger partial charge in [0.1, 0.15) is 11.6 Å². The average Bonchev–Trinajstić information content (AvgIpc) is 2.20. The van der Waals surface area contributed by atoms with Crippen LogP contribution in [0.25, 0.3) is 6.08 Å². The Balaban J connectivity index is 2.62. The Morgan fingerprint density at radius 1 is 1.47 bits per heavy atom. The predicted octanol–water partition coefficient (Wildman–Crippen LogP) is 2.09. The van der Waals surface area contributed by atoms with Gasteiger partial charge < -0.3 is 11.1 Å². The lowest BCUT2D eigenvalue weighted by molar-refractivity contribution is -0.118. The third-order valence-electron chi connectivity index (χ3n) is 2.10. The normalized spacial score (nSPS) is 10.8. The van der Waals surface area contributed by atoms with Crippen molar-refractivity contribution in [3.8, 4) is 0 Å². The van der Waals surface area contributed by atoms with Crippen LogP contribution in [0, 0.1) is 11.6 Å². The molecule has 0 aliphatic rings. The number of nitrogen functional groups attached to an aromatic ring is 1. The molecule has 0 saturated carbocycles. The van der Waals surface area contributed by atoms with Crippen LogP contribution in [0.15, 0.2) is 18.2 Å². The summed E-state index contributed by atoms with van der Waals surface area (Å²) in [6, 6.07) is 1.85. The molecule has 0 radical (unpaired) electrons.